The molecule has 0 fully saturated rings. The molecule has 0 aliphatic rings. The maximum atomic E-state index is 12.0. The van der Waals surface area contributed by atoms with Crippen molar-refractivity contribution in [3.8, 4) is 5.75 Å². The highest BCUT2D eigenvalue weighted by Crippen LogP contribution is 2.20. The highest BCUT2D eigenvalue weighted by Gasteiger charge is 2.08. The molecule has 2 aromatic carbocycles. The average Bonchev–Trinajstić information content (AvgIpc) is 3.02. The first kappa shape index (κ1) is 32.6. The molecule has 0 aliphatic carbocycles. The quantitative estimate of drug-likeness (QED) is 0.117. The summed E-state index contributed by atoms with van der Waals surface area (Å²) in [6, 6.07) is 16.7. The van der Waals surface area contributed by atoms with Gasteiger partial charge in [-0.25, -0.2) is 0 Å². The molecule has 3 aromatic rings. The lowest BCUT2D eigenvalue weighted by molar-refractivity contribution is 0.0519. The van der Waals surface area contributed by atoms with Crippen molar-refractivity contribution in [1.29, 1.82) is 0 Å². The molecule has 11 nitrogen and oxygen atoms in total. The number of carbonyl (C=O) groups is 1. The Kier molecular flexibility index (Phi) is 15.5. The first-order chi connectivity index (χ1) is 20.7. The predicted molar refractivity (Wildman–Crippen MR) is 167 cm³/mol. The number of unbranched alkanes of at least 4 members (excludes halogenated alkanes) is 5. The summed E-state index contributed by atoms with van der Waals surface area (Å²) < 4.78 is 16.5. The second kappa shape index (κ2) is 20.0. The summed E-state index contributed by atoms with van der Waals surface area (Å²) >= 11 is 0. The van der Waals surface area contributed by atoms with Gasteiger partial charge >= 0.3 is 0 Å². The zero-order valence-electron chi connectivity index (χ0n) is 24.9. The Balaban J connectivity index is 1.38. The van der Waals surface area contributed by atoms with Crippen molar-refractivity contribution in [2.75, 3.05) is 69.1 Å². The number of carbonyl (C=O) groups excluding carboxylic acids is 1. The maximum absolute atomic E-state index is 12.0. The second-order valence-electron chi connectivity index (χ2n) is 9.63. The van der Waals surface area contributed by atoms with Gasteiger partial charge in [-0.1, -0.05) is 63.3 Å². The van der Waals surface area contributed by atoms with Gasteiger partial charge in [-0.05, 0) is 30.7 Å². The lowest BCUT2D eigenvalue weighted by Crippen LogP contribution is -2.27. The minimum Gasteiger partial charge on any atom is -0.497 e. The topological polar surface area (TPSA) is 132 Å². The fourth-order valence-electron chi connectivity index (χ4n) is 4.01. The van der Waals surface area contributed by atoms with Crippen LogP contribution in [0.15, 0.2) is 54.6 Å². The van der Waals surface area contributed by atoms with E-state index >= 15 is 0 Å². The summed E-state index contributed by atoms with van der Waals surface area (Å²) in [4.78, 5) is 25.6. The van der Waals surface area contributed by atoms with Gasteiger partial charge in [0.25, 0.3) is 5.91 Å². The second-order valence-corrected chi connectivity index (χ2v) is 9.63. The Morgan fingerprint density at radius 1 is 0.714 bits per heavy atom. The van der Waals surface area contributed by atoms with Crippen LogP contribution in [0.25, 0.3) is 0 Å². The van der Waals surface area contributed by atoms with Crippen LogP contribution in [0.3, 0.4) is 0 Å². The standard InChI is InChI=1S/C31H45N7O4/c1-3-4-5-6-7-11-17-33-29-36-30(38-31(37-29)35-26-15-12-16-27(24-26)40-2)34-19-21-42-23-22-41-20-18-32-28(39)25-13-9-8-10-14-25/h8-10,12-16,24H,3-7,11,17-23H2,1-2H3,(H,32,39)(H3,33,34,35,36,37,38). The summed E-state index contributed by atoms with van der Waals surface area (Å²) in [5.74, 6) is 2.03. The van der Waals surface area contributed by atoms with Crippen molar-refractivity contribution in [1.82, 2.24) is 20.3 Å². The molecule has 0 radical (unpaired) electrons. The Labute approximate surface area is 249 Å². The lowest BCUT2D eigenvalue weighted by Gasteiger charge is -2.12. The molecule has 0 saturated heterocycles. The van der Waals surface area contributed by atoms with Gasteiger partial charge in [-0.2, -0.15) is 15.0 Å². The molecule has 0 atom stereocenters. The van der Waals surface area contributed by atoms with Crippen LogP contribution in [-0.2, 0) is 9.47 Å². The third-order valence-corrected chi connectivity index (χ3v) is 6.24. The third-order valence-electron chi connectivity index (χ3n) is 6.24. The monoisotopic (exact) mass is 579 g/mol. The zero-order valence-corrected chi connectivity index (χ0v) is 24.9. The molecule has 228 valence electrons. The van der Waals surface area contributed by atoms with Crippen LogP contribution < -0.4 is 26.0 Å². The SMILES string of the molecule is CCCCCCCCNc1nc(NCCOCCOCCNC(=O)c2ccccc2)nc(Nc2cccc(OC)c2)n1. The highest BCUT2D eigenvalue weighted by atomic mass is 16.5. The summed E-state index contributed by atoms with van der Waals surface area (Å²) in [5.41, 5.74) is 1.45. The van der Waals surface area contributed by atoms with Crippen molar-refractivity contribution >= 4 is 29.4 Å². The Morgan fingerprint density at radius 2 is 1.38 bits per heavy atom. The van der Waals surface area contributed by atoms with E-state index in [9.17, 15) is 4.79 Å². The van der Waals surface area contributed by atoms with Gasteiger partial charge in [-0.3, -0.25) is 4.79 Å². The number of nitrogens with zero attached hydrogens (tertiary/aromatic N) is 3. The maximum Gasteiger partial charge on any atom is 0.251 e. The first-order valence-corrected chi connectivity index (χ1v) is 14.8. The molecule has 11 heteroatoms. The van der Waals surface area contributed by atoms with Gasteiger partial charge in [0.1, 0.15) is 5.75 Å². The molecule has 42 heavy (non-hydrogen) atoms. The minimum atomic E-state index is -0.109. The highest BCUT2D eigenvalue weighted by molar-refractivity contribution is 5.94. The third kappa shape index (κ3) is 13.1. The van der Waals surface area contributed by atoms with Crippen molar-refractivity contribution in [3.05, 3.63) is 60.2 Å². The summed E-state index contributed by atoms with van der Waals surface area (Å²) in [7, 11) is 1.63. The molecule has 1 amide bonds. The van der Waals surface area contributed by atoms with Gasteiger partial charge in [0.15, 0.2) is 0 Å². The van der Waals surface area contributed by atoms with Crippen molar-refractivity contribution < 1.29 is 19.0 Å². The molecule has 0 aliphatic heterocycles. The summed E-state index contributed by atoms with van der Waals surface area (Å²) in [6.45, 7) is 5.75. The van der Waals surface area contributed by atoms with Crippen LogP contribution in [0.4, 0.5) is 23.5 Å². The van der Waals surface area contributed by atoms with Gasteiger partial charge in [-0.15, -0.1) is 0 Å². The van der Waals surface area contributed by atoms with E-state index in [1.165, 1.54) is 32.1 Å². The largest absolute Gasteiger partial charge is 0.497 e. The number of anilines is 4. The summed E-state index contributed by atoms with van der Waals surface area (Å²) in [6.07, 6.45) is 7.32. The van der Waals surface area contributed by atoms with Gasteiger partial charge in [0.2, 0.25) is 17.8 Å². The normalized spacial score (nSPS) is 10.7. The molecule has 1 aromatic heterocycles. The molecular weight excluding hydrogens is 534 g/mol. The molecule has 4 N–H and O–H groups in total. The fraction of sp³-hybridized carbons (Fsp3) is 0.484. The first-order valence-electron chi connectivity index (χ1n) is 14.8. The van der Waals surface area contributed by atoms with Crippen LogP contribution in [0.1, 0.15) is 55.8 Å². The minimum absolute atomic E-state index is 0.109. The number of methoxy groups -OCH3 is 1. The van der Waals surface area contributed by atoms with E-state index in [1.54, 1.807) is 19.2 Å². The van der Waals surface area contributed by atoms with E-state index in [2.05, 4.69) is 43.1 Å². The molecule has 0 spiro atoms. The van der Waals surface area contributed by atoms with E-state index in [-0.39, 0.29) is 5.91 Å². The van der Waals surface area contributed by atoms with Crippen LogP contribution in [0.5, 0.6) is 5.75 Å². The van der Waals surface area contributed by atoms with Gasteiger partial charge in [0, 0.05) is 37.0 Å². The molecular formula is C31H45N7O4. The van der Waals surface area contributed by atoms with E-state index < -0.39 is 0 Å². The van der Waals surface area contributed by atoms with E-state index in [4.69, 9.17) is 14.2 Å². The van der Waals surface area contributed by atoms with Gasteiger partial charge < -0.3 is 35.5 Å². The van der Waals surface area contributed by atoms with Crippen LogP contribution in [0, 0.1) is 0 Å². The number of aromatic nitrogens is 3. The van der Waals surface area contributed by atoms with E-state index in [0.29, 0.717) is 62.9 Å². The number of hydrogen-bond donors (Lipinski definition) is 4. The Morgan fingerprint density at radius 3 is 2.12 bits per heavy atom. The smallest absolute Gasteiger partial charge is 0.251 e. The average molecular weight is 580 g/mol. The zero-order chi connectivity index (χ0) is 29.7. The van der Waals surface area contributed by atoms with E-state index in [1.807, 2.05) is 42.5 Å². The van der Waals surface area contributed by atoms with Crippen LogP contribution in [-0.4, -0.2) is 74.0 Å². The molecule has 0 saturated carbocycles. The predicted octanol–water partition coefficient (Wildman–Crippen LogP) is 5.27. The molecule has 1 heterocycles. The Hall–Kier alpha value is -3.96. The number of benzene rings is 2. The number of nitrogens with one attached hydrogen (secondary N) is 4. The summed E-state index contributed by atoms with van der Waals surface area (Å²) in [5, 5.41) is 12.6. The van der Waals surface area contributed by atoms with Crippen LogP contribution in [0.2, 0.25) is 0 Å². The van der Waals surface area contributed by atoms with Crippen molar-refractivity contribution in [2.24, 2.45) is 0 Å². The Bertz CT molecular complexity index is 1170. The molecule has 3 rings (SSSR count). The lowest BCUT2D eigenvalue weighted by atomic mass is 10.1. The van der Waals surface area contributed by atoms with Crippen molar-refractivity contribution in [2.45, 2.75) is 45.4 Å². The van der Waals surface area contributed by atoms with Crippen LogP contribution >= 0.6 is 0 Å². The molecule has 0 unspecified atom stereocenters. The molecule has 0 bridgehead atoms. The number of hydrogen-bond acceptors (Lipinski definition) is 10. The number of ether oxygens (including phenoxy) is 3. The fourth-order valence-corrected chi connectivity index (χ4v) is 4.01. The number of rotatable bonds is 22. The van der Waals surface area contributed by atoms with E-state index in [0.717, 1.165) is 24.4 Å². The van der Waals surface area contributed by atoms with Gasteiger partial charge in [0.05, 0.1) is 33.5 Å². The number of amides is 1. The van der Waals surface area contributed by atoms with Crippen molar-refractivity contribution in [3.63, 3.8) is 0 Å².